The number of hydrogen-bond donors (Lipinski definition) is 1. The molecule has 0 bridgehead atoms. The van der Waals surface area contributed by atoms with Crippen LogP contribution in [0.25, 0.3) is 11.1 Å². The van der Waals surface area contributed by atoms with Gasteiger partial charge in [-0.05, 0) is 55.8 Å². The maximum atomic E-state index is 12.0. The first-order chi connectivity index (χ1) is 13.8. The molecule has 0 aliphatic carbocycles. The Labute approximate surface area is 172 Å². The van der Waals surface area contributed by atoms with Crippen LogP contribution in [0.1, 0.15) is 24.2 Å². The predicted molar refractivity (Wildman–Crippen MR) is 112 cm³/mol. The Morgan fingerprint density at radius 3 is 2.66 bits per heavy atom. The maximum Gasteiger partial charge on any atom is 0.338 e. The van der Waals surface area contributed by atoms with Crippen molar-refractivity contribution < 1.29 is 14.5 Å². The third-order valence-corrected chi connectivity index (χ3v) is 4.29. The fourth-order valence-corrected chi connectivity index (χ4v) is 2.95. The van der Waals surface area contributed by atoms with E-state index >= 15 is 0 Å². The maximum absolute atomic E-state index is 12.0. The van der Waals surface area contributed by atoms with Crippen LogP contribution in [-0.4, -0.2) is 22.0 Å². The summed E-state index contributed by atoms with van der Waals surface area (Å²) in [5, 5.41) is 14.9. The van der Waals surface area contributed by atoms with Crippen LogP contribution in [-0.2, 0) is 4.74 Å². The molecule has 0 unspecified atom stereocenters. The van der Waals surface area contributed by atoms with Crippen molar-refractivity contribution in [2.75, 3.05) is 5.32 Å². The van der Waals surface area contributed by atoms with Crippen LogP contribution in [0.4, 0.5) is 17.1 Å². The van der Waals surface area contributed by atoms with Crippen molar-refractivity contribution in [1.82, 2.24) is 4.98 Å². The van der Waals surface area contributed by atoms with Gasteiger partial charge in [0.15, 0.2) is 0 Å². The number of aromatic nitrogens is 1. The molecule has 148 valence electrons. The van der Waals surface area contributed by atoms with Crippen LogP contribution in [0.3, 0.4) is 0 Å². The molecule has 0 saturated heterocycles. The highest BCUT2D eigenvalue weighted by atomic mass is 35.5. The molecule has 0 saturated carbocycles. The number of pyridine rings is 1. The molecule has 2 aromatic carbocycles. The monoisotopic (exact) mass is 411 g/mol. The topological polar surface area (TPSA) is 94.4 Å². The minimum absolute atomic E-state index is 0.117. The second-order valence-electron chi connectivity index (χ2n) is 6.49. The number of halogens is 1. The second kappa shape index (κ2) is 8.70. The highest BCUT2D eigenvalue weighted by Gasteiger charge is 2.19. The van der Waals surface area contributed by atoms with Crippen molar-refractivity contribution in [3.8, 4) is 11.1 Å². The summed E-state index contributed by atoms with van der Waals surface area (Å²) < 4.78 is 5.10. The standard InChI is InChI=1S/C21H18ClN3O4/c1-13(2)29-21(26)15-8-9-18(19(12-15)25(27)28)24-16-6-3-5-14(11-16)17-7-4-10-23-20(17)22/h3-13,24H,1-2H3. The van der Waals surface area contributed by atoms with Crippen molar-refractivity contribution in [3.05, 3.63) is 81.6 Å². The number of anilines is 2. The van der Waals surface area contributed by atoms with Gasteiger partial charge >= 0.3 is 5.97 Å². The zero-order valence-corrected chi connectivity index (χ0v) is 16.5. The van der Waals surface area contributed by atoms with E-state index in [1.807, 2.05) is 18.2 Å². The van der Waals surface area contributed by atoms with Gasteiger partial charge in [0.2, 0.25) is 0 Å². The quantitative estimate of drug-likeness (QED) is 0.245. The van der Waals surface area contributed by atoms with Gasteiger partial charge in [0, 0.05) is 23.5 Å². The molecule has 0 fully saturated rings. The fourth-order valence-electron chi connectivity index (χ4n) is 2.72. The highest BCUT2D eigenvalue weighted by Crippen LogP contribution is 2.32. The number of ether oxygens (including phenoxy) is 1. The summed E-state index contributed by atoms with van der Waals surface area (Å²) >= 11 is 6.16. The van der Waals surface area contributed by atoms with E-state index in [0.29, 0.717) is 10.8 Å². The molecule has 1 heterocycles. The van der Waals surface area contributed by atoms with Crippen molar-refractivity contribution in [2.24, 2.45) is 0 Å². The van der Waals surface area contributed by atoms with Gasteiger partial charge in [-0.25, -0.2) is 9.78 Å². The van der Waals surface area contributed by atoms with Gasteiger partial charge < -0.3 is 10.1 Å². The van der Waals surface area contributed by atoms with Crippen LogP contribution in [0.5, 0.6) is 0 Å². The molecule has 0 amide bonds. The van der Waals surface area contributed by atoms with Gasteiger partial charge in [-0.2, -0.15) is 0 Å². The normalized spacial score (nSPS) is 10.6. The summed E-state index contributed by atoms with van der Waals surface area (Å²) in [6.45, 7) is 3.42. The van der Waals surface area contributed by atoms with Crippen LogP contribution < -0.4 is 5.32 Å². The first-order valence-electron chi connectivity index (χ1n) is 8.82. The summed E-state index contributed by atoms with van der Waals surface area (Å²) in [6.07, 6.45) is 1.28. The predicted octanol–water partition coefficient (Wildman–Crippen LogP) is 5.62. The molecule has 0 aliphatic rings. The number of carbonyl (C=O) groups is 1. The number of nitrogens with one attached hydrogen (secondary N) is 1. The number of benzene rings is 2. The van der Waals surface area contributed by atoms with E-state index in [9.17, 15) is 14.9 Å². The van der Waals surface area contributed by atoms with Gasteiger partial charge in [-0.1, -0.05) is 23.7 Å². The smallest absolute Gasteiger partial charge is 0.338 e. The van der Waals surface area contributed by atoms with Crippen molar-refractivity contribution in [1.29, 1.82) is 0 Å². The second-order valence-corrected chi connectivity index (χ2v) is 6.85. The van der Waals surface area contributed by atoms with Crippen molar-refractivity contribution >= 4 is 34.6 Å². The van der Waals surface area contributed by atoms with Gasteiger partial charge in [0.05, 0.1) is 16.6 Å². The molecule has 0 atom stereocenters. The number of nitrogens with zero attached hydrogens (tertiary/aromatic N) is 2. The Bertz CT molecular complexity index is 1070. The molecule has 0 spiro atoms. The molecule has 0 radical (unpaired) electrons. The lowest BCUT2D eigenvalue weighted by atomic mass is 10.1. The summed E-state index contributed by atoms with van der Waals surface area (Å²) in [4.78, 5) is 27.1. The molecule has 7 nitrogen and oxygen atoms in total. The Morgan fingerprint density at radius 2 is 1.97 bits per heavy atom. The minimum Gasteiger partial charge on any atom is -0.459 e. The molecule has 29 heavy (non-hydrogen) atoms. The first-order valence-corrected chi connectivity index (χ1v) is 9.20. The van der Waals surface area contributed by atoms with Crippen LogP contribution in [0.15, 0.2) is 60.8 Å². The number of hydrogen-bond acceptors (Lipinski definition) is 6. The van der Waals surface area contributed by atoms with Crippen LogP contribution in [0, 0.1) is 10.1 Å². The molecule has 8 heteroatoms. The van der Waals surface area contributed by atoms with Crippen LogP contribution in [0.2, 0.25) is 5.15 Å². The third-order valence-electron chi connectivity index (χ3n) is 3.98. The molecular weight excluding hydrogens is 394 g/mol. The van der Waals surface area contributed by atoms with Gasteiger partial charge in [0.1, 0.15) is 10.8 Å². The number of carbonyl (C=O) groups excluding carboxylic acids is 1. The average molecular weight is 412 g/mol. The lowest BCUT2D eigenvalue weighted by molar-refractivity contribution is -0.383. The zero-order valence-electron chi connectivity index (χ0n) is 15.8. The Morgan fingerprint density at radius 1 is 1.17 bits per heavy atom. The Hall–Kier alpha value is -3.45. The number of esters is 1. The number of nitro benzene ring substituents is 1. The molecule has 0 aliphatic heterocycles. The lowest BCUT2D eigenvalue weighted by Crippen LogP contribution is -2.12. The number of rotatable bonds is 6. The van der Waals surface area contributed by atoms with Crippen molar-refractivity contribution in [2.45, 2.75) is 20.0 Å². The molecule has 1 aromatic heterocycles. The molecular formula is C21H18ClN3O4. The van der Waals surface area contributed by atoms with E-state index in [1.54, 1.807) is 38.2 Å². The van der Waals surface area contributed by atoms with E-state index in [4.69, 9.17) is 16.3 Å². The SMILES string of the molecule is CC(C)OC(=O)c1ccc(Nc2cccc(-c3cccnc3Cl)c2)c([N+](=O)[O-])c1. The van der Waals surface area contributed by atoms with E-state index in [2.05, 4.69) is 10.3 Å². The number of nitro groups is 1. The Balaban J connectivity index is 1.92. The average Bonchev–Trinajstić information content (AvgIpc) is 2.68. The van der Waals surface area contributed by atoms with Gasteiger partial charge in [-0.15, -0.1) is 0 Å². The Kier molecular flexibility index (Phi) is 6.09. The fraction of sp³-hybridized carbons (Fsp3) is 0.143. The van der Waals surface area contributed by atoms with Crippen molar-refractivity contribution in [3.63, 3.8) is 0 Å². The van der Waals surface area contributed by atoms with E-state index in [0.717, 1.165) is 11.1 Å². The molecule has 3 rings (SSSR count). The highest BCUT2D eigenvalue weighted by molar-refractivity contribution is 6.32. The van der Waals surface area contributed by atoms with E-state index in [-0.39, 0.29) is 23.0 Å². The summed E-state index contributed by atoms with van der Waals surface area (Å²) in [6, 6.07) is 15.1. The van der Waals surface area contributed by atoms with Crippen LogP contribution >= 0.6 is 11.6 Å². The van der Waals surface area contributed by atoms with Gasteiger partial charge in [0.25, 0.3) is 5.69 Å². The van der Waals surface area contributed by atoms with E-state index in [1.165, 1.54) is 18.2 Å². The van der Waals surface area contributed by atoms with Gasteiger partial charge in [-0.3, -0.25) is 10.1 Å². The largest absolute Gasteiger partial charge is 0.459 e. The summed E-state index contributed by atoms with van der Waals surface area (Å²) in [7, 11) is 0. The summed E-state index contributed by atoms with van der Waals surface area (Å²) in [5.74, 6) is -0.608. The minimum atomic E-state index is -0.608. The zero-order chi connectivity index (χ0) is 21.0. The first kappa shape index (κ1) is 20.3. The molecule has 3 aromatic rings. The van der Waals surface area contributed by atoms with E-state index < -0.39 is 10.9 Å². The molecule has 1 N–H and O–H groups in total. The lowest BCUT2D eigenvalue weighted by Gasteiger charge is -2.11. The summed E-state index contributed by atoms with van der Waals surface area (Å²) in [5.41, 5.74) is 2.33. The third kappa shape index (κ3) is 4.89.